The molecule has 0 heterocycles. The van der Waals surface area contributed by atoms with Crippen molar-refractivity contribution in [1.29, 1.82) is 0 Å². The lowest BCUT2D eigenvalue weighted by Gasteiger charge is -2.08. The van der Waals surface area contributed by atoms with E-state index in [1.807, 2.05) is 0 Å². The molecule has 1 aliphatic carbocycles. The Bertz CT molecular complexity index is 472. The minimum absolute atomic E-state index is 0.0603. The molecule has 0 aromatic heterocycles. The summed E-state index contributed by atoms with van der Waals surface area (Å²) in [6, 6.07) is 2.66. The maximum atomic E-state index is 12.3. The van der Waals surface area contributed by atoms with Crippen molar-refractivity contribution in [3.63, 3.8) is 0 Å². The number of hydrogen-bond donors (Lipinski definition) is 1. The van der Waals surface area contributed by atoms with Gasteiger partial charge in [0.25, 0.3) is 0 Å². The van der Waals surface area contributed by atoms with Crippen LogP contribution in [0, 0.1) is 0 Å². The number of allylic oxidation sites excluding steroid dienone is 1. The summed E-state index contributed by atoms with van der Waals surface area (Å²) in [6.07, 6.45) is -3.56. The van der Waals surface area contributed by atoms with E-state index in [1.165, 1.54) is 0 Å². The monoisotopic (exact) mass is 214 g/mol. The zero-order valence-electron chi connectivity index (χ0n) is 7.30. The number of halogens is 3. The third-order valence-corrected chi connectivity index (χ3v) is 2.16. The van der Waals surface area contributed by atoms with E-state index in [-0.39, 0.29) is 11.1 Å². The topological polar surface area (TPSA) is 37.3 Å². The first-order chi connectivity index (χ1) is 6.89. The average molecular weight is 214 g/mol. The Labute approximate surface area is 82.6 Å². The largest absolute Gasteiger partial charge is 0.507 e. The smallest absolute Gasteiger partial charge is 0.416 e. The highest BCUT2D eigenvalue weighted by atomic mass is 19.4. The second-order valence-electron chi connectivity index (χ2n) is 3.15. The van der Waals surface area contributed by atoms with E-state index in [9.17, 15) is 23.1 Å². The molecule has 0 saturated carbocycles. The molecule has 1 aromatic carbocycles. The number of hydrogen-bond acceptors (Lipinski definition) is 2. The van der Waals surface area contributed by atoms with Gasteiger partial charge in [-0.25, -0.2) is 0 Å². The first-order valence-electron chi connectivity index (χ1n) is 4.06. The number of aliphatic hydroxyl groups excluding tert-OH is 1. The Morgan fingerprint density at radius 1 is 1.13 bits per heavy atom. The predicted molar refractivity (Wildman–Crippen MR) is 46.4 cm³/mol. The number of carbonyl (C=O) groups excluding carboxylic acids is 1. The van der Waals surface area contributed by atoms with Crippen molar-refractivity contribution < 1.29 is 23.1 Å². The molecule has 0 bridgehead atoms. The van der Waals surface area contributed by atoms with E-state index >= 15 is 0 Å². The highest BCUT2D eigenvalue weighted by Crippen LogP contribution is 2.34. The lowest BCUT2D eigenvalue weighted by Crippen LogP contribution is -2.06. The molecular weight excluding hydrogens is 209 g/mol. The summed E-state index contributed by atoms with van der Waals surface area (Å²) in [6.45, 7) is 0. The fourth-order valence-corrected chi connectivity index (χ4v) is 1.43. The molecule has 1 aromatic rings. The third kappa shape index (κ3) is 1.49. The number of ketones is 1. The second kappa shape index (κ2) is 2.85. The highest BCUT2D eigenvalue weighted by molar-refractivity contribution is 6.15. The van der Waals surface area contributed by atoms with Crippen LogP contribution in [0.25, 0.3) is 5.76 Å². The van der Waals surface area contributed by atoms with Gasteiger partial charge in [0.15, 0.2) is 5.78 Å². The van der Waals surface area contributed by atoms with Gasteiger partial charge in [-0.05, 0) is 18.2 Å². The zero-order valence-corrected chi connectivity index (χ0v) is 7.30. The van der Waals surface area contributed by atoms with Crippen molar-refractivity contribution in [3.05, 3.63) is 41.0 Å². The average Bonchev–Trinajstić information content (AvgIpc) is 2.41. The molecule has 78 valence electrons. The molecule has 1 aliphatic rings. The van der Waals surface area contributed by atoms with Crippen LogP contribution in [-0.4, -0.2) is 10.9 Å². The Balaban J connectivity index is 2.58. The van der Waals surface area contributed by atoms with Gasteiger partial charge >= 0.3 is 6.18 Å². The number of rotatable bonds is 0. The molecule has 0 saturated heterocycles. The molecule has 1 N–H and O–H groups in total. The van der Waals surface area contributed by atoms with Crippen molar-refractivity contribution in [2.45, 2.75) is 6.18 Å². The van der Waals surface area contributed by atoms with Crippen LogP contribution in [0.5, 0.6) is 0 Å². The van der Waals surface area contributed by atoms with E-state index in [2.05, 4.69) is 0 Å². The summed E-state index contributed by atoms with van der Waals surface area (Å²) in [5, 5.41) is 9.21. The zero-order chi connectivity index (χ0) is 11.2. The van der Waals surface area contributed by atoms with Crippen molar-refractivity contribution in [2.75, 3.05) is 0 Å². The van der Waals surface area contributed by atoms with Crippen molar-refractivity contribution >= 4 is 11.5 Å². The lowest BCUT2D eigenvalue weighted by molar-refractivity contribution is -0.137. The molecule has 2 nitrogen and oxygen atoms in total. The van der Waals surface area contributed by atoms with Gasteiger partial charge in [0.05, 0.1) is 5.56 Å². The quantitative estimate of drug-likeness (QED) is 0.720. The van der Waals surface area contributed by atoms with E-state index in [0.29, 0.717) is 0 Å². The van der Waals surface area contributed by atoms with Gasteiger partial charge in [0, 0.05) is 17.2 Å². The van der Waals surface area contributed by atoms with Crippen molar-refractivity contribution in [2.24, 2.45) is 0 Å². The molecule has 0 atom stereocenters. The fraction of sp³-hybridized carbons (Fsp3) is 0.100. The van der Waals surface area contributed by atoms with Crippen LogP contribution in [0.1, 0.15) is 21.5 Å². The molecule has 15 heavy (non-hydrogen) atoms. The predicted octanol–water partition coefficient (Wildman–Crippen LogP) is 2.80. The van der Waals surface area contributed by atoms with Gasteiger partial charge in [0.2, 0.25) is 0 Å². The number of alkyl halides is 3. The minimum Gasteiger partial charge on any atom is -0.507 e. The second-order valence-corrected chi connectivity index (χ2v) is 3.15. The van der Waals surface area contributed by atoms with Crippen LogP contribution in [-0.2, 0) is 6.18 Å². The number of aliphatic hydroxyl groups is 1. The van der Waals surface area contributed by atoms with Crippen LogP contribution < -0.4 is 0 Å². The lowest BCUT2D eigenvalue weighted by atomic mass is 10.0. The van der Waals surface area contributed by atoms with Crippen LogP contribution in [0.4, 0.5) is 13.2 Å². The summed E-state index contributed by atoms with van der Waals surface area (Å²) in [4.78, 5) is 11.1. The van der Waals surface area contributed by atoms with Crippen LogP contribution >= 0.6 is 0 Å². The maximum Gasteiger partial charge on any atom is 0.416 e. The third-order valence-electron chi connectivity index (χ3n) is 2.16. The number of fused-ring (bicyclic) bond motifs is 1. The standard InChI is InChI=1S/C10H5F3O2/c11-10(12,13)5-1-2-6-7(3-5)9(15)4-8(6)14/h1-4,15H. The minimum atomic E-state index is -4.47. The molecule has 0 radical (unpaired) electrons. The normalized spacial score (nSPS) is 15.1. The molecule has 0 spiro atoms. The molecular formula is C10H5F3O2. The molecule has 0 fully saturated rings. The fourth-order valence-electron chi connectivity index (χ4n) is 1.43. The van der Waals surface area contributed by atoms with Gasteiger partial charge in [-0.1, -0.05) is 0 Å². The van der Waals surface area contributed by atoms with Gasteiger partial charge < -0.3 is 5.11 Å². The first-order valence-corrected chi connectivity index (χ1v) is 4.06. The van der Waals surface area contributed by atoms with Crippen LogP contribution in [0.3, 0.4) is 0 Å². The summed E-state index contributed by atoms with van der Waals surface area (Å²) >= 11 is 0. The number of benzene rings is 1. The molecule has 0 unspecified atom stereocenters. The van der Waals surface area contributed by atoms with Crippen LogP contribution in [0.2, 0.25) is 0 Å². The Kier molecular flexibility index (Phi) is 1.86. The summed E-state index contributed by atoms with van der Waals surface area (Å²) in [5.74, 6) is -0.891. The SMILES string of the molecule is O=C1C=C(O)c2cc(C(F)(F)F)ccc21. The van der Waals surface area contributed by atoms with E-state index in [1.54, 1.807) is 0 Å². The van der Waals surface area contributed by atoms with E-state index in [0.717, 1.165) is 24.3 Å². The maximum absolute atomic E-state index is 12.3. The Morgan fingerprint density at radius 2 is 1.80 bits per heavy atom. The van der Waals surface area contributed by atoms with Gasteiger partial charge in [-0.3, -0.25) is 4.79 Å². The van der Waals surface area contributed by atoms with E-state index in [4.69, 9.17) is 0 Å². The number of carbonyl (C=O) groups is 1. The molecule has 5 heteroatoms. The Morgan fingerprint density at radius 3 is 2.40 bits per heavy atom. The molecule has 2 rings (SSSR count). The molecule has 0 aliphatic heterocycles. The Hall–Kier alpha value is -1.78. The van der Waals surface area contributed by atoms with Crippen molar-refractivity contribution in [3.8, 4) is 0 Å². The molecule has 0 amide bonds. The van der Waals surface area contributed by atoms with Gasteiger partial charge in [0.1, 0.15) is 5.76 Å². The van der Waals surface area contributed by atoms with Crippen LogP contribution in [0.15, 0.2) is 24.3 Å². The summed E-state index contributed by atoms with van der Waals surface area (Å²) in [7, 11) is 0. The summed E-state index contributed by atoms with van der Waals surface area (Å²) in [5.41, 5.74) is -0.841. The van der Waals surface area contributed by atoms with Gasteiger partial charge in [-0.15, -0.1) is 0 Å². The first kappa shape index (κ1) is 9.76. The van der Waals surface area contributed by atoms with Gasteiger partial charge in [-0.2, -0.15) is 13.2 Å². The van der Waals surface area contributed by atoms with E-state index < -0.39 is 23.3 Å². The summed E-state index contributed by atoms with van der Waals surface area (Å²) < 4.78 is 36.9. The van der Waals surface area contributed by atoms with Crippen molar-refractivity contribution in [1.82, 2.24) is 0 Å². The highest BCUT2D eigenvalue weighted by Gasteiger charge is 2.32.